The number of aliphatic hydroxyl groups excluding tert-OH is 2. The number of esters is 1. The van der Waals surface area contributed by atoms with Gasteiger partial charge in [0.05, 0.1) is 12.2 Å². The van der Waals surface area contributed by atoms with Gasteiger partial charge in [0.1, 0.15) is 6.61 Å². The quantitative estimate of drug-likeness (QED) is 0.287. The lowest BCUT2D eigenvalue weighted by Gasteiger charge is -2.22. The molecule has 0 radical (unpaired) electrons. The Balaban J connectivity index is 1.51. The maximum Gasteiger partial charge on any atom is 0.338 e. The lowest BCUT2D eigenvalue weighted by atomic mass is 9.91. The molecule has 2 N–H and O–H groups in total. The molecule has 2 aromatic rings. The number of halogens is 1. The number of carbonyl (C=O) groups excluding carboxylic acids is 1. The normalized spacial score (nSPS) is 20.7. The van der Waals surface area contributed by atoms with Crippen LogP contribution in [0, 0.1) is 11.8 Å². The molecule has 0 amide bonds. The third-order valence-corrected chi connectivity index (χ3v) is 7.62. The molecule has 3 rings (SSSR count). The maximum atomic E-state index is 11.8. The molecule has 0 saturated heterocycles. The van der Waals surface area contributed by atoms with Crippen molar-refractivity contribution in [2.45, 2.75) is 42.4 Å². The zero-order chi connectivity index (χ0) is 22.1. The van der Waals surface area contributed by atoms with Crippen LogP contribution in [-0.4, -0.2) is 47.1 Å². The Kier molecular flexibility index (Phi) is 9.72. The average molecular weight is 463 g/mol. The first kappa shape index (κ1) is 24.1. The fraction of sp³-hybridized carbons (Fsp3) is 0.480. The number of alkyl halides is 1. The van der Waals surface area contributed by atoms with E-state index in [1.165, 1.54) is 16.0 Å². The van der Waals surface area contributed by atoms with Crippen molar-refractivity contribution in [2.75, 3.05) is 25.6 Å². The van der Waals surface area contributed by atoms with Crippen LogP contribution in [0.5, 0.6) is 0 Å². The number of aliphatic hydroxyl groups is 2. The molecular weight excluding hydrogens is 432 g/mol. The molecule has 3 atom stereocenters. The van der Waals surface area contributed by atoms with Crippen LogP contribution >= 0.6 is 23.4 Å². The first-order valence-corrected chi connectivity index (χ1v) is 12.4. The fourth-order valence-corrected chi connectivity index (χ4v) is 6.01. The van der Waals surface area contributed by atoms with Gasteiger partial charge >= 0.3 is 5.97 Å². The highest BCUT2D eigenvalue weighted by molar-refractivity contribution is 7.99. The molecule has 2 aromatic carbocycles. The Hall–Kier alpha value is -1.53. The second kappa shape index (κ2) is 12.5. The van der Waals surface area contributed by atoms with E-state index in [9.17, 15) is 4.79 Å². The molecule has 0 aromatic heterocycles. The van der Waals surface area contributed by atoms with Crippen molar-refractivity contribution in [1.29, 1.82) is 0 Å². The molecule has 31 heavy (non-hydrogen) atoms. The van der Waals surface area contributed by atoms with Crippen LogP contribution in [0.3, 0.4) is 0 Å². The summed E-state index contributed by atoms with van der Waals surface area (Å²) >= 11 is 8.55. The summed E-state index contributed by atoms with van der Waals surface area (Å²) in [7, 11) is 0. The van der Waals surface area contributed by atoms with Gasteiger partial charge < -0.3 is 14.9 Å². The average Bonchev–Trinajstić information content (AvgIpc) is 3.14. The Morgan fingerprint density at radius 3 is 2.58 bits per heavy atom. The van der Waals surface area contributed by atoms with Crippen molar-refractivity contribution < 1.29 is 19.7 Å². The highest BCUT2D eigenvalue weighted by atomic mass is 35.5. The number of rotatable bonds is 11. The molecule has 1 aliphatic carbocycles. The van der Waals surface area contributed by atoms with Crippen molar-refractivity contribution in [3.05, 3.63) is 65.2 Å². The third-order valence-electron chi connectivity index (χ3n) is 5.94. The number of ether oxygens (including phenoxy) is 1. The third kappa shape index (κ3) is 7.25. The van der Waals surface area contributed by atoms with Gasteiger partial charge in [-0.25, -0.2) is 4.79 Å². The van der Waals surface area contributed by atoms with Gasteiger partial charge in [-0.1, -0.05) is 24.3 Å². The van der Waals surface area contributed by atoms with Gasteiger partial charge in [-0.3, -0.25) is 0 Å². The molecule has 6 heteroatoms. The molecule has 4 nitrogen and oxygen atoms in total. The van der Waals surface area contributed by atoms with E-state index in [2.05, 4.69) is 24.3 Å². The largest absolute Gasteiger partial charge is 0.460 e. The summed E-state index contributed by atoms with van der Waals surface area (Å²) in [5.41, 5.74) is 2.89. The van der Waals surface area contributed by atoms with E-state index in [0.717, 1.165) is 31.4 Å². The van der Waals surface area contributed by atoms with Crippen LogP contribution in [0.2, 0.25) is 0 Å². The smallest absolute Gasteiger partial charge is 0.338 e. The minimum absolute atomic E-state index is 0.0208. The van der Waals surface area contributed by atoms with Crippen LogP contribution in [0.25, 0.3) is 0 Å². The van der Waals surface area contributed by atoms with E-state index in [1.807, 2.05) is 23.9 Å². The van der Waals surface area contributed by atoms with E-state index < -0.39 is 5.97 Å². The summed E-state index contributed by atoms with van der Waals surface area (Å²) in [5, 5.41) is 18.1. The van der Waals surface area contributed by atoms with Gasteiger partial charge in [0.25, 0.3) is 0 Å². The fourth-order valence-electron chi connectivity index (χ4n) is 4.19. The highest BCUT2D eigenvalue weighted by Gasteiger charge is 2.34. The van der Waals surface area contributed by atoms with E-state index >= 15 is 0 Å². The van der Waals surface area contributed by atoms with Crippen molar-refractivity contribution in [3.8, 4) is 0 Å². The van der Waals surface area contributed by atoms with Crippen LogP contribution in [0.1, 0.15) is 40.7 Å². The topological polar surface area (TPSA) is 66.8 Å². The molecule has 0 aliphatic heterocycles. The molecule has 1 unspecified atom stereocenters. The van der Waals surface area contributed by atoms with Crippen LogP contribution in [-0.2, 0) is 17.6 Å². The van der Waals surface area contributed by atoms with Crippen LogP contribution in [0.15, 0.2) is 53.4 Å². The Morgan fingerprint density at radius 2 is 1.84 bits per heavy atom. The number of hydrogen-bond acceptors (Lipinski definition) is 5. The monoisotopic (exact) mass is 462 g/mol. The van der Waals surface area contributed by atoms with Crippen LogP contribution in [0.4, 0.5) is 0 Å². The van der Waals surface area contributed by atoms with E-state index in [0.29, 0.717) is 23.8 Å². The van der Waals surface area contributed by atoms with Crippen molar-refractivity contribution in [3.63, 3.8) is 0 Å². The van der Waals surface area contributed by atoms with Gasteiger partial charge in [0.15, 0.2) is 0 Å². The highest BCUT2D eigenvalue weighted by Crippen LogP contribution is 2.41. The molecule has 168 valence electrons. The lowest BCUT2D eigenvalue weighted by Crippen LogP contribution is -2.18. The van der Waals surface area contributed by atoms with Crippen molar-refractivity contribution in [2.24, 2.45) is 11.8 Å². The lowest BCUT2D eigenvalue weighted by molar-refractivity contribution is 0.0433. The molecule has 0 bridgehead atoms. The maximum absolute atomic E-state index is 11.8. The molecule has 1 aliphatic rings. The first-order valence-electron chi connectivity index (χ1n) is 10.9. The SMILES string of the molecule is O=C(OCCO)c1ccc(CC[C@H]2CCC(Cl)[C@@H]2CSc2cccc(CCO)c2)cc1. The standard InChI is InChI=1S/C25H31ClO4S/c26-24-11-10-20(23(24)17-31-22-3-1-2-19(16-22)12-13-27)7-4-18-5-8-21(9-6-18)25(29)30-15-14-28/h1-3,5-6,8-9,16,20,23-24,27-28H,4,7,10-15,17H2/t20-,23+,24?/m0/s1. The zero-order valence-corrected chi connectivity index (χ0v) is 19.3. The van der Waals surface area contributed by atoms with Gasteiger partial charge in [-0.2, -0.15) is 0 Å². The minimum atomic E-state index is -0.401. The number of benzene rings is 2. The van der Waals surface area contributed by atoms with Gasteiger partial charge in [0.2, 0.25) is 0 Å². The molecular formula is C25H31ClO4S. The van der Waals surface area contributed by atoms with Crippen LogP contribution < -0.4 is 0 Å². The van der Waals surface area contributed by atoms with E-state index in [4.69, 9.17) is 26.6 Å². The number of thioether (sulfide) groups is 1. The summed E-state index contributed by atoms with van der Waals surface area (Å²) in [5.74, 6) is 1.70. The predicted octanol–water partition coefficient (Wildman–Crippen LogP) is 4.73. The minimum Gasteiger partial charge on any atom is -0.460 e. The first-order chi connectivity index (χ1) is 15.1. The molecule has 1 fully saturated rings. The van der Waals surface area contributed by atoms with Gasteiger partial charge in [0, 0.05) is 22.6 Å². The van der Waals surface area contributed by atoms with Crippen molar-refractivity contribution in [1.82, 2.24) is 0 Å². The summed E-state index contributed by atoms with van der Waals surface area (Å²) in [6.45, 7) is 0.0285. The zero-order valence-electron chi connectivity index (χ0n) is 17.7. The van der Waals surface area contributed by atoms with Gasteiger partial charge in [-0.05, 0) is 79.3 Å². The summed E-state index contributed by atoms with van der Waals surface area (Å²) in [4.78, 5) is 13.1. The van der Waals surface area contributed by atoms with E-state index in [-0.39, 0.29) is 25.2 Å². The molecule has 0 heterocycles. The van der Waals surface area contributed by atoms with E-state index in [1.54, 1.807) is 12.1 Å². The molecule has 1 saturated carbocycles. The Bertz CT molecular complexity index is 827. The van der Waals surface area contributed by atoms with Gasteiger partial charge in [-0.15, -0.1) is 23.4 Å². The van der Waals surface area contributed by atoms with Crippen molar-refractivity contribution >= 4 is 29.3 Å². The number of carbonyl (C=O) groups is 1. The number of hydrogen-bond donors (Lipinski definition) is 2. The Labute approximate surface area is 194 Å². The summed E-state index contributed by atoms with van der Waals surface area (Å²) in [6.07, 6.45) is 4.98. The second-order valence-corrected chi connectivity index (χ2v) is 9.70. The Morgan fingerprint density at radius 1 is 1.03 bits per heavy atom. The molecule has 0 spiro atoms. The second-order valence-electron chi connectivity index (χ2n) is 8.04. The number of aryl methyl sites for hydroxylation is 1. The predicted molar refractivity (Wildman–Crippen MR) is 126 cm³/mol. The summed E-state index contributed by atoms with van der Waals surface area (Å²) in [6, 6.07) is 16.0. The summed E-state index contributed by atoms with van der Waals surface area (Å²) < 4.78 is 4.95.